The van der Waals surface area contributed by atoms with Crippen LogP contribution in [0.25, 0.3) is 32.2 Å². The van der Waals surface area contributed by atoms with Gasteiger partial charge in [-0.05, 0) is 35.4 Å². The molecule has 3 aromatic carbocycles. The average Bonchev–Trinajstić information content (AvgIpc) is 3.13. The lowest BCUT2D eigenvalue weighted by Crippen LogP contribution is -2.24. The third kappa shape index (κ3) is 3.22. The largest absolute Gasteiger partial charge is 0.294 e. The molecule has 5 rings (SSSR count). The smallest absolute Gasteiger partial charge is 0.265 e. The Kier molecular flexibility index (Phi) is 4.42. The molecule has 0 aliphatic carbocycles. The number of rotatable bonds is 3. The number of hydrogen-bond donors (Lipinski definition) is 0. The van der Waals surface area contributed by atoms with Gasteiger partial charge >= 0.3 is 0 Å². The van der Waals surface area contributed by atoms with Gasteiger partial charge in [-0.3, -0.25) is 4.79 Å². The molecule has 0 spiro atoms. The summed E-state index contributed by atoms with van der Waals surface area (Å²) < 4.78 is 2.33. The van der Waals surface area contributed by atoms with E-state index in [9.17, 15) is 4.79 Å². The van der Waals surface area contributed by atoms with Crippen molar-refractivity contribution in [2.75, 3.05) is 0 Å². The number of nitrogens with zero attached hydrogens (tertiary/aromatic N) is 3. The van der Waals surface area contributed by atoms with Crippen LogP contribution in [0, 0.1) is 6.92 Å². The average molecular weight is 418 g/mol. The van der Waals surface area contributed by atoms with Crippen LogP contribution in [0.4, 0.5) is 0 Å². The predicted octanol–water partition coefficient (Wildman–Crippen LogP) is 5.68. The third-order valence-electron chi connectivity index (χ3n) is 4.92. The molecule has 0 bridgehead atoms. The fourth-order valence-electron chi connectivity index (χ4n) is 3.56. The Morgan fingerprint density at radius 2 is 1.76 bits per heavy atom. The number of aryl methyl sites for hydroxylation is 1. The molecule has 142 valence electrons. The Balaban J connectivity index is 1.72. The van der Waals surface area contributed by atoms with Crippen LogP contribution in [0.1, 0.15) is 10.6 Å². The number of benzene rings is 3. The van der Waals surface area contributed by atoms with Crippen molar-refractivity contribution in [1.29, 1.82) is 0 Å². The maximum Gasteiger partial charge on any atom is 0.294 e. The zero-order valence-electron chi connectivity index (χ0n) is 15.6. The number of aromatic nitrogens is 3. The molecule has 0 amide bonds. The zero-order chi connectivity index (χ0) is 20.0. The molecule has 5 aromatic rings. The Bertz CT molecular complexity index is 1420. The summed E-state index contributed by atoms with van der Waals surface area (Å²) in [6, 6.07) is 21.8. The summed E-state index contributed by atoms with van der Waals surface area (Å²) in [6.45, 7) is 2.29. The SMILES string of the molecule is Cc1nc2c(=O)n(Cc3cccc4ccccc34)nc(-c3ccc(Cl)cc3)c2s1. The van der Waals surface area contributed by atoms with Crippen LogP contribution in [-0.2, 0) is 6.54 Å². The molecular formula is C23H16ClN3OS. The molecule has 0 saturated carbocycles. The fourth-order valence-corrected chi connectivity index (χ4v) is 4.61. The zero-order valence-corrected chi connectivity index (χ0v) is 17.2. The first-order chi connectivity index (χ1) is 14.1. The second kappa shape index (κ2) is 7.10. The summed E-state index contributed by atoms with van der Waals surface area (Å²) >= 11 is 7.55. The van der Waals surface area contributed by atoms with E-state index in [0.29, 0.717) is 17.1 Å². The second-order valence-corrected chi connectivity index (χ2v) is 8.51. The first-order valence-corrected chi connectivity index (χ1v) is 10.4. The molecule has 6 heteroatoms. The van der Waals surface area contributed by atoms with Crippen LogP contribution in [0.15, 0.2) is 71.5 Å². The van der Waals surface area contributed by atoms with Gasteiger partial charge in [0.2, 0.25) is 0 Å². The van der Waals surface area contributed by atoms with Gasteiger partial charge in [0.05, 0.1) is 16.3 Å². The molecule has 0 fully saturated rings. The van der Waals surface area contributed by atoms with Crippen LogP contribution in [0.3, 0.4) is 0 Å². The molecule has 0 atom stereocenters. The maximum atomic E-state index is 13.1. The van der Waals surface area contributed by atoms with E-state index in [1.807, 2.05) is 55.5 Å². The van der Waals surface area contributed by atoms with Crippen molar-refractivity contribution in [2.24, 2.45) is 0 Å². The van der Waals surface area contributed by atoms with E-state index in [2.05, 4.69) is 23.2 Å². The molecule has 4 nitrogen and oxygen atoms in total. The van der Waals surface area contributed by atoms with Gasteiger partial charge in [0.15, 0.2) is 5.52 Å². The number of halogens is 1. The predicted molar refractivity (Wildman–Crippen MR) is 120 cm³/mol. The fraction of sp³-hybridized carbons (Fsp3) is 0.0870. The van der Waals surface area contributed by atoms with E-state index in [0.717, 1.165) is 37.3 Å². The van der Waals surface area contributed by atoms with Gasteiger partial charge < -0.3 is 0 Å². The van der Waals surface area contributed by atoms with Gasteiger partial charge in [0.25, 0.3) is 5.56 Å². The van der Waals surface area contributed by atoms with E-state index in [-0.39, 0.29) is 5.56 Å². The molecule has 29 heavy (non-hydrogen) atoms. The van der Waals surface area contributed by atoms with E-state index in [1.54, 1.807) is 0 Å². The Hall–Kier alpha value is -3.02. The lowest BCUT2D eigenvalue weighted by molar-refractivity contribution is 0.653. The number of hydrogen-bond acceptors (Lipinski definition) is 4. The van der Waals surface area contributed by atoms with Crippen LogP contribution in [0.2, 0.25) is 5.02 Å². The summed E-state index contributed by atoms with van der Waals surface area (Å²) in [6.07, 6.45) is 0. The van der Waals surface area contributed by atoms with Gasteiger partial charge in [-0.1, -0.05) is 66.2 Å². The summed E-state index contributed by atoms with van der Waals surface area (Å²) in [5.41, 5.74) is 3.01. The Labute approximate surface area is 176 Å². The molecule has 0 radical (unpaired) electrons. The molecule has 2 heterocycles. The molecule has 0 aliphatic heterocycles. The molecule has 0 unspecified atom stereocenters. The molecule has 0 N–H and O–H groups in total. The van der Waals surface area contributed by atoms with E-state index >= 15 is 0 Å². The van der Waals surface area contributed by atoms with Crippen molar-refractivity contribution >= 4 is 43.9 Å². The molecule has 0 aliphatic rings. The van der Waals surface area contributed by atoms with Crippen LogP contribution < -0.4 is 5.56 Å². The van der Waals surface area contributed by atoms with Gasteiger partial charge in [-0.15, -0.1) is 11.3 Å². The third-order valence-corrected chi connectivity index (χ3v) is 6.15. The molecular weight excluding hydrogens is 402 g/mol. The van der Waals surface area contributed by atoms with Crippen molar-refractivity contribution in [3.63, 3.8) is 0 Å². The van der Waals surface area contributed by atoms with Gasteiger partial charge in [0, 0.05) is 10.6 Å². The topological polar surface area (TPSA) is 47.8 Å². The summed E-state index contributed by atoms with van der Waals surface area (Å²) in [5, 5.41) is 8.51. The van der Waals surface area contributed by atoms with Crippen molar-refractivity contribution in [1.82, 2.24) is 14.8 Å². The van der Waals surface area contributed by atoms with Crippen LogP contribution >= 0.6 is 22.9 Å². The van der Waals surface area contributed by atoms with Crippen molar-refractivity contribution in [3.05, 3.63) is 92.7 Å². The summed E-state index contributed by atoms with van der Waals surface area (Å²) in [4.78, 5) is 17.6. The Morgan fingerprint density at radius 1 is 1.00 bits per heavy atom. The summed E-state index contributed by atoms with van der Waals surface area (Å²) in [5.74, 6) is 0. The van der Waals surface area contributed by atoms with Gasteiger partial charge in [0.1, 0.15) is 5.69 Å². The number of thiazole rings is 1. The lowest BCUT2D eigenvalue weighted by atomic mass is 10.0. The summed E-state index contributed by atoms with van der Waals surface area (Å²) in [7, 11) is 0. The highest BCUT2D eigenvalue weighted by molar-refractivity contribution is 7.19. The Morgan fingerprint density at radius 3 is 2.59 bits per heavy atom. The normalized spacial score (nSPS) is 11.4. The van der Waals surface area contributed by atoms with Gasteiger partial charge in [-0.25, -0.2) is 9.67 Å². The van der Waals surface area contributed by atoms with Crippen molar-refractivity contribution < 1.29 is 0 Å². The highest BCUT2D eigenvalue weighted by Gasteiger charge is 2.17. The van der Waals surface area contributed by atoms with Crippen molar-refractivity contribution in [2.45, 2.75) is 13.5 Å². The van der Waals surface area contributed by atoms with E-state index in [4.69, 9.17) is 16.7 Å². The first-order valence-electron chi connectivity index (χ1n) is 9.21. The second-order valence-electron chi connectivity index (χ2n) is 6.87. The lowest BCUT2D eigenvalue weighted by Gasteiger charge is -2.11. The monoisotopic (exact) mass is 417 g/mol. The standard InChI is InChI=1S/C23H16ClN3OS/c1-14-25-21-22(29-14)20(16-9-11-18(24)12-10-16)26-27(23(21)28)13-17-7-4-6-15-5-2-3-8-19(15)17/h2-12H,13H2,1H3. The van der Waals surface area contributed by atoms with Crippen LogP contribution in [0.5, 0.6) is 0 Å². The van der Waals surface area contributed by atoms with Crippen LogP contribution in [-0.4, -0.2) is 14.8 Å². The minimum absolute atomic E-state index is 0.171. The first kappa shape index (κ1) is 18.0. The molecule has 0 saturated heterocycles. The quantitative estimate of drug-likeness (QED) is 0.379. The highest BCUT2D eigenvalue weighted by Crippen LogP contribution is 2.30. The van der Waals surface area contributed by atoms with E-state index in [1.165, 1.54) is 16.0 Å². The minimum Gasteiger partial charge on any atom is -0.265 e. The highest BCUT2D eigenvalue weighted by atomic mass is 35.5. The number of fused-ring (bicyclic) bond motifs is 2. The van der Waals surface area contributed by atoms with Crippen molar-refractivity contribution in [3.8, 4) is 11.3 Å². The minimum atomic E-state index is -0.171. The van der Waals surface area contributed by atoms with E-state index < -0.39 is 0 Å². The van der Waals surface area contributed by atoms with Gasteiger partial charge in [-0.2, -0.15) is 5.10 Å². The maximum absolute atomic E-state index is 13.1. The molecule has 2 aromatic heterocycles.